The molecule has 0 fully saturated rings. The molecule has 7 nitrogen and oxygen atoms in total. The van der Waals surface area contributed by atoms with Gasteiger partial charge in [-0.3, -0.25) is 4.79 Å². The zero-order valence-corrected chi connectivity index (χ0v) is 15.0. The average Bonchev–Trinajstić information content (AvgIpc) is 3.17. The highest BCUT2D eigenvalue weighted by Crippen LogP contribution is 2.28. The summed E-state index contributed by atoms with van der Waals surface area (Å²) < 4.78 is 12.6. The van der Waals surface area contributed by atoms with Gasteiger partial charge in [-0.1, -0.05) is 29.5 Å². The molecule has 0 spiro atoms. The van der Waals surface area contributed by atoms with E-state index in [1.807, 2.05) is 24.3 Å². The number of rotatable bonds is 5. The number of ether oxygens (including phenoxy) is 2. The van der Waals surface area contributed by atoms with E-state index in [1.165, 1.54) is 18.4 Å². The number of benzene rings is 2. The van der Waals surface area contributed by atoms with Crippen LogP contribution in [-0.4, -0.2) is 34.2 Å². The van der Waals surface area contributed by atoms with Crippen molar-refractivity contribution in [1.29, 1.82) is 0 Å². The molecule has 2 aromatic heterocycles. The van der Waals surface area contributed by atoms with Crippen LogP contribution in [0, 0.1) is 0 Å². The summed E-state index contributed by atoms with van der Waals surface area (Å²) in [5.41, 5.74) is 2.17. The number of hydrogen-bond donors (Lipinski definition) is 1. The number of imidazole rings is 1. The van der Waals surface area contributed by atoms with E-state index in [-0.39, 0.29) is 5.56 Å². The predicted molar refractivity (Wildman–Crippen MR) is 102 cm³/mol. The van der Waals surface area contributed by atoms with E-state index < -0.39 is 12.6 Å². The van der Waals surface area contributed by atoms with Crippen molar-refractivity contribution in [2.45, 2.75) is 0 Å². The Kier molecular flexibility index (Phi) is 4.25. The molecule has 0 saturated carbocycles. The van der Waals surface area contributed by atoms with Crippen LogP contribution in [0.1, 0.15) is 5.56 Å². The van der Waals surface area contributed by atoms with Crippen LogP contribution in [0.3, 0.4) is 0 Å². The van der Waals surface area contributed by atoms with Crippen molar-refractivity contribution >= 4 is 39.4 Å². The maximum Gasteiger partial charge on any atom is 0.341 e. The molecule has 136 valence electrons. The smallest absolute Gasteiger partial charge is 0.341 e. The Labute approximate surface area is 156 Å². The van der Waals surface area contributed by atoms with Gasteiger partial charge in [0.1, 0.15) is 0 Å². The fourth-order valence-corrected chi connectivity index (χ4v) is 3.78. The minimum atomic E-state index is -1.07. The summed E-state index contributed by atoms with van der Waals surface area (Å²) in [6, 6.07) is 12.5. The van der Waals surface area contributed by atoms with E-state index >= 15 is 0 Å². The number of thiazole rings is 1. The second-order valence-corrected chi connectivity index (χ2v) is 6.74. The summed E-state index contributed by atoms with van der Waals surface area (Å²) in [5, 5.41) is 8.73. The van der Waals surface area contributed by atoms with Gasteiger partial charge in [-0.2, -0.15) is 0 Å². The second-order valence-electron chi connectivity index (χ2n) is 5.73. The minimum absolute atomic E-state index is 0.131. The van der Waals surface area contributed by atoms with Gasteiger partial charge in [0, 0.05) is 0 Å². The van der Waals surface area contributed by atoms with E-state index in [0.29, 0.717) is 21.0 Å². The van der Waals surface area contributed by atoms with E-state index in [2.05, 4.69) is 4.98 Å². The van der Waals surface area contributed by atoms with E-state index in [9.17, 15) is 9.59 Å². The maximum absolute atomic E-state index is 12.8. The topological polar surface area (TPSA) is 90.1 Å². The molecule has 0 bridgehead atoms. The summed E-state index contributed by atoms with van der Waals surface area (Å²) in [4.78, 5) is 28.6. The summed E-state index contributed by atoms with van der Waals surface area (Å²) >= 11 is 1.31. The van der Waals surface area contributed by atoms with E-state index in [1.54, 1.807) is 28.7 Å². The van der Waals surface area contributed by atoms with Crippen LogP contribution in [-0.2, 0) is 4.79 Å². The first-order valence-corrected chi connectivity index (χ1v) is 8.83. The molecule has 0 unspecified atom stereocenters. The third-order valence-electron chi connectivity index (χ3n) is 3.98. The van der Waals surface area contributed by atoms with Crippen molar-refractivity contribution in [3.05, 3.63) is 62.9 Å². The van der Waals surface area contributed by atoms with Crippen LogP contribution in [0.5, 0.6) is 11.5 Å². The van der Waals surface area contributed by atoms with Crippen molar-refractivity contribution < 1.29 is 19.4 Å². The molecule has 0 radical (unpaired) electrons. The van der Waals surface area contributed by atoms with Gasteiger partial charge in [0.15, 0.2) is 23.1 Å². The first-order chi connectivity index (χ1) is 13.1. The first kappa shape index (κ1) is 17.0. The third-order valence-corrected chi connectivity index (χ3v) is 4.95. The highest BCUT2D eigenvalue weighted by Gasteiger charge is 2.11. The van der Waals surface area contributed by atoms with Crippen LogP contribution in [0.4, 0.5) is 0 Å². The first-order valence-electron chi connectivity index (χ1n) is 8.01. The number of fused-ring (bicyclic) bond motifs is 3. The lowest BCUT2D eigenvalue weighted by molar-refractivity contribution is -0.139. The van der Waals surface area contributed by atoms with Crippen LogP contribution >= 0.6 is 11.3 Å². The summed E-state index contributed by atoms with van der Waals surface area (Å²) in [7, 11) is 1.47. The van der Waals surface area contributed by atoms with Gasteiger partial charge in [-0.05, 0) is 35.9 Å². The van der Waals surface area contributed by atoms with Gasteiger partial charge in [0.05, 0.1) is 22.7 Å². The van der Waals surface area contributed by atoms with Gasteiger partial charge in [0.2, 0.25) is 0 Å². The zero-order valence-electron chi connectivity index (χ0n) is 14.2. The van der Waals surface area contributed by atoms with Crippen molar-refractivity contribution in [3.8, 4) is 11.5 Å². The largest absolute Gasteiger partial charge is 0.493 e. The average molecular weight is 382 g/mol. The molecule has 8 heteroatoms. The molecule has 4 aromatic rings. The Morgan fingerprint density at radius 2 is 2.07 bits per heavy atom. The normalized spacial score (nSPS) is 12.0. The van der Waals surface area contributed by atoms with Crippen molar-refractivity contribution in [1.82, 2.24) is 9.38 Å². The molecule has 0 atom stereocenters. The molecule has 0 aliphatic carbocycles. The molecule has 0 amide bonds. The number of hydrogen-bond acceptors (Lipinski definition) is 6. The van der Waals surface area contributed by atoms with Gasteiger partial charge in [-0.25, -0.2) is 14.2 Å². The monoisotopic (exact) mass is 382 g/mol. The summed E-state index contributed by atoms with van der Waals surface area (Å²) in [5.74, 6) is -0.353. The van der Waals surface area contributed by atoms with Crippen LogP contribution < -0.4 is 19.6 Å². The number of para-hydroxylation sites is 2. The molecule has 2 heterocycles. The molecule has 0 aliphatic heterocycles. The predicted octanol–water partition coefficient (Wildman–Crippen LogP) is 1.93. The second kappa shape index (κ2) is 6.73. The van der Waals surface area contributed by atoms with Gasteiger partial charge in [-0.15, -0.1) is 0 Å². The lowest BCUT2D eigenvalue weighted by Crippen LogP contribution is -2.22. The molecule has 0 aliphatic rings. The van der Waals surface area contributed by atoms with Gasteiger partial charge >= 0.3 is 5.97 Å². The van der Waals surface area contributed by atoms with Crippen molar-refractivity contribution in [2.24, 2.45) is 0 Å². The Morgan fingerprint density at radius 1 is 1.26 bits per heavy atom. The molecule has 1 N–H and O–H groups in total. The highest BCUT2D eigenvalue weighted by atomic mass is 32.1. The molecule has 2 aromatic carbocycles. The number of nitrogens with zero attached hydrogens (tertiary/aromatic N) is 2. The summed E-state index contributed by atoms with van der Waals surface area (Å²) in [6.07, 6.45) is 1.75. The Morgan fingerprint density at radius 3 is 2.85 bits per heavy atom. The van der Waals surface area contributed by atoms with E-state index in [0.717, 1.165) is 16.6 Å². The number of methoxy groups -OCH3 is 1. The molecular formula is C19H14N2O5S. The Bertz CT molecular complexity index is 1270. The maximum atomic E-state index is 12.8. The fraction of sp³-hybridized carbons (Fsp3) is 0.105. The Hall–Kier alpha value is -3.39. The molecule has 4 rings (SSSR count). The van der Waals surface area contributed by atoms with Crippen molar-refractivity contribution in [2.75, 3.05) is 13.7 Å². The summed E-state index contributed by atoms with van der Waals surface area (Å²) in [6.45, 7) is -0.459. The van der Waals surface area contributed by atoms with Gasteiger partial charge in [0.25, 0.3) is 5.56 Å². The Balaban J connectivity index is 1.78. The van der Waals surface area contributed by atoms with Crippen LogP contribution in [0.15, 0.2) is 47.3 Å². The number of aromatic nitrogens is 2. The molecule has 27 heavy (non-hydrogen) atoms. The quantitative estimate of drug-likeness (QED) is 0.567. The van der Waals surface area contributed by atoms with E-state index in [4.69, 9.17) is 14.6 Å². The number of aliphatic carboxylic acids is 1. The van der Waals surface area contributed by atoms with Crippen molar-refractivity contribution in [3.63, 3.8) is 0 Å². The third kappa shape index (κ3) is 3.11. The SMILES string of the molecule is COc1cc(/C=c2/sc3nc4ccccc4n3c2=O)ccc1OCC(=O)O. The number of carboxylic acids is 1. The van der Waals surface area contributed by atoms with Crippen LogP contribution in [0.25, 0.3) is 22.1 Å². The standard InChI is InChI=1S/C19H14N2O5S/c1-25-15-8-11(6-7-14(15)26-10-17(22)23)9-16-18(24)21-13-5-3-2-4-12(13)20-19(21)27-16/h2-9H,10H2,1H3,(H,22,23)/b16-9+. The lowest BCUT2D eigenvalue weighted by atomic mass is 10.2. The molecular weight excluding hydrogens is 368 g/mol. The highest BCUT2D eigenvalue weighted by molar-refractivity contribution is 7.15. The fourth-order valence-electron chi connectivity index (χ4n) is 2.80. The van der Waals surface area contributed by atoms with Crippen LogP contribution in [0.2, 0.25) is 0 Å². The number of carboxylic acid groups (broad SMARTS) is 1. The molecule has 0 saturated heterocycles. The zero-order chi connectivity index (χ0) is 19.0. The lowest BCUT2D eigenvalue weighted by Gasteiger charge is -2.09. The van der Waals surface area contributed by atoms with Gasteiger partial charge < -0.3 is 14.6 Å². The number of carbonyl (C=O) groups is 1. The minimum Gasteiger partial charge on any atom is -0.493 e.